The number of benzene rings is 1. The van der Waals surface area contributed by atoms with Gasteiger partial charge in [0.25, 0.3) is 0 Å². The van der Waals surface area contributed by atoms with E-state index in [0.717, 1.165) is 22.2 Å². The van der Waals surface area contributed by atoms with Crippen LogP contribution in [-0.2, 0) is 19.4 Å². The zero-order valence-corrected chi connectivity index (χ0v) is 14.4. The zero-order valence-electron chi connectivity index (χ0n) is 13.6. The summed E-state index contributed by atoms with van der Waals surface area (Å²) in [6.45, 7) is 0.435. The normalized spacial score (nSPS) is 15.6. The Kier molecular flexibility index (Phi) is 3.98. The van der Waals surface area contributed by atoms with E-state index in [0.29, 0.717) is 35.8 Å². The fourth-order valence-electron chi connectivity index (χ4n) is 3.62. The van der Waals surface area contributed by atoms with E-state index in [1.807, 2.05) is 12.1 Å². The highest BCUT2D eigenvalue weighted by atomic mass is 35.5. The molecule has 3 aromatic rings. The Morgan fingerprint density at radius 1 is 1.38 bits per heavy atom. The van der Waals surface area contributed by atoms with Gasteiger partial charge in [0.15, 0.2) is 5.15 Å². The van der Waals surface area contributed by atoms with Crippen molar-refractivity contribution in [2.24, 2.45) is 0 Å². The maximum atomic E-state index is 11.0. The van der Waals surface area contributed by atoms with Crippen molar-refractivity contribution in [1.29, 1.82) is 5.26 Å². The topological polar surface area (TPSA) is 104 Å². The van der Waals surface area contributed by atoms with Gasteiger partial charge in [-0.1, -0.05) is 11.6 Å². The van der Waals surface area contributed by atoms with Crippen molar-refractivity contribution in [1.82, 2.24) is 19.9 Å². The highest BCUT2D eigenvalue weighted by Gasteiger charge is 2.29. The van der Waals surface area contributed by atoms with Crippen LogP contribution in [0.25, 0.3) is 10.9 Å². The zero-order chi connectivity index (χ0) is 18.3. The summed E-state index contributed by atoms with van der Waals surface area (Å²) in [5.41, 5.74) is 4.30. The van der Waals surface area contributed by atoms with Gasteiger partial charge in [-0.15, -0.1) is 0 Å². The molecule has 0 aliphatic heterocycles. The van der Waals surface area contributed by atoms with E-state index in [9.17, 15) is 10.1 Å². The molecule has 4 rings (SSSR count). The summed E-state index contributed by atoms with van der Waals surface area (Å²) in [7, 11) is 0. The first-order valence-corrected chi connectivity index (χ1v) is 8.43. The molecule has 8 heteroatoms. The van der Waals surface area contributed by atoms with E-state index in [-0.39, 0.29) is 6.04 Å². The van der Waals surface area contributed by atoms with Gasteiger partial charge in [-0.3, -0.25) is 4.98 Å². The SMILES string of the molecule is N#Cc1ccc2c(c1)c1c(n2Cc2nccnc2Cl)C[C@@H](NC(=O)O)C1. The Morgan fingerprint density at radius 2 is 2.19 bits per heavy atom. The summed E-state index contributed by atoms with van der Waals surface area (Å²) < 4.78 is 2.09. The van der Waals surface area contributed by atoms with Crippen molar-refractivity contribution in [2.75, 3.05) is 0 Å². The minimum atomic E-state index is -1.04. The summed E-state index contributed by atoms with van der Waals surface area (Å²) in [6.07, 6.45) is 3.27. The van der Waals surface area contributed by atoms with Gasteiger partial charge < -0.3 is 15.0 Å². The van der Waals surface area contributed by atoms with Crippen molar-refractivity contribution in [3.8, 4) is 6.07 Å². The van der Waals surface area contributed by atoms with E-state index in [1.165, 1.54) is 6.20 Å². The molecule has 0 spiro atoms. The fourth-order valence-corrected chi connectivity index (χ4v) is 3.79. The maximum Gasteiger partial charge on any atom is 0.404 e. The number of nitriles is 1. The number of nitrogens with one attached hydrogen (secondary N) is 1. The molecule has 2 N–H and O–H groups in total. The molecular weight excluding hydrogens is 354 g/mol. The van der Waals surface area contributed by atoms with E-state index in [4.69, 9.17) is 16.7 Å². The molecule has 0 unspecified atom stereocenters. The largest absolute Gasteiger partial charge is 0.465 e. The van der Waals surface area contributed by atoms with Crippen molar-refractivity contribution in [3.05, 3.63) is 58.3 Å². The molecular formula is C18H14ClN5O2. The predicted molar refractivity (Wildman–Crippen MR) is 95.2 cm³/mol. The molecule has 1 amide bonds. The maximum absolute atomic E-state index is 11.0. The molecule has 1 atom stereocenters. The lowest BCUT2D eigenvalue weighted by Gasteiger charge is -2.13. The minimum absolute atomic E-state index is 0.184. The van der Waals surface area contributed by atoms with Gasteiger partial charge in [-0.05, 0) is 30.2 Å². The van der Waals surface area contributed by atoms with E-state index in [2.05, 4.69) is 25.9 Å². The van der Waals surface area contributed by atoms with Crippen molar-refractivity contribution < 1.29 is 9.90 Å². The van der Waals surface area contributed by atoms with Crippen LogP contribution in [0, 0.1) is 11.3 Å². The van der Waals surface area contributed by atoms with Crippen LogP contribution in [-0.4, -0.2) is 31.8 Å². The van der Waals surface area contributed by atoms with E-state index in [1.54, 1.807) is 12.3 Å². The molecule has 0 saturated carbocycles. The van der Waals surface area contributed by atoms with Crippen LogP contribution >= 0.6 is 11.6 Å². The van der Waals surface area contributed by atoms with Gasteiger partial charge in [0.05, 0.1) is 23.9 Å². The third-order valence-electron chi connectivity index (χ3n) is 4.66. The Labute approximate surface area is 153 Å². The average molecular weight is 368 g/mol. The number of amides is 1. The molecule has 0 radical (unpaired) electrons. The summed E-state index contributed by atoms with van der Waals surface area (Å²) >= 11 is 6.17. The van der Waals surface area contributed by atoms with Crippen LogP contribution in [0.3, 0.4) is 0 Å². The quantitative estimate of drug-likeness (QED) is 0.740. The molecule has 1 aromatic carbocycles. The first-order valence-electron chi connectivity index (χ1n) is 8.05. The van der Waals surface area contributed by atoms with Crippen molar-refractivity contribution in [2.45, 2.75) is 25.4 Å². The van der Waals surface area contributed by atoms with Crippen molar-refractivity contribution in [3.63, 3.8) is 0 Å². The Morgan fingerprint density at radius 3 is 2.92 bits per heavy atom. The molecule has 130 valence electrons. The summed E-state index contributed by atoms with van der Waals surface area (Å²) in [5.74, 6) is 0. The smallest absolute Gasteiger partial charge is 0.404 e. The molecule has 0 fully saturated rings. The lowest BCUT2D eigenvalue weighted by atomic mass is 10.1. The molecule has 2 heterocycles. The van der Waals surface area contributed by atoms with Crippen LogP contribution in [0.5, 0.6) is 0 Å². The van der Waals surface area contributed by atoms with Gasteiger partial charge in [0.2, 0.25) is 0 Å². The molecule has 7 nitrogen and oxygen atoms in total. The number of carboxylic acid groups (broad SMARTS) is 1. The van der Waals surface area contributed by atoms with Gasteiger partial charge in [0.1, 0.15) is 0 Å². The van der Waals surface area contributed by atoms with Crippen molar-refractivity contribution >= 4 is 28.6 Å². The predicted octanol–water partition coefficient (Wildman–Crippen LogP) is 2.74. The molecule has 26 heavy (non-hydrogen) atoms. The van der Waals surface area contributed by atoms with Crippen LogP contribution < -0.4 is 5.32 Å². The third kappa shape index (κ3) is 2.74. The Hall–Kier alpha value is -3.11. The number of nitrogens with zero attached hydrogens (tertiary/aromatic N) is 4. The molecule has 2 aromatic heterocycles. The lowest BCUT2D eigenvalue weighted by Crippen LogP contribution is -2.34. The van der Waals surface area contributed by atoms with Crippen LogP contribution in [0.4, 0.5) is 4.79 Å². The molecule has 1 aliphatic rings. The average Bonchev–Trinajstić information content (AvgIpc) is 3.14. The standard InChI is InChI=1S/C18H14ClN5O2/c19-17-14(21-3-4-22-17)9-24-15-2-1-10(8-20)5-12(15)13-6-11(7-16(13)24)23-18(25)26/h1-5,11,23H,6-7,9H2,(H,25,26)/t11-/m0/s1. The van der Waals surface area contributed by atoms with E-state index >= 15 is 0 Å². The Bertz CT molecular complexity index is 1070. The second kappa shape index (κ2) is 6.32. The highest BCUT2D eigenvalue weighted by molar-refractivity contribution is 6.29. The van der Waals surface area contributed by atoms with Crippen LogP contribution in [0.2, 0.25) is 5.15 Å². The number of fused-ring (bicyclic) bond motifs is 3. The monoisotopic (exact) mass is 367 g/mol. The van der Waals surface area contributed by atoms with Gasteiger partial charge in [0, 0.05) is 41.5 Å². The summed E-state index contributed by atoms with van der Waals surface area (Å²) in [6, 6.07) is 7.52. The van der Waals surface area contributed by atoms with Crippen LogP contribution in [0.1, 0.15) is 22.5 Å². The number of aromatic nitrogens is 3. The first-order chi connectivity index (χ1) is 12.6. The van der Waals surface area contributed by atoms with Gasteiger partial charge in [-0.2, -0.15) is 5.26 Å². The fraction of sp³-hybridized carbons (Fsp3) is 0.222. The number of rotatable bonds is 3. The molecule has 0 saturated heterocycles. The van der Waals surface area contributed by atoms with Gasteiger partial charge in [-0.25, -0.2) is 9.78 Å². The number of halogens is 1. The molecule has 1 aliphatic carbocycles. The third-order valence-corrected chi connectivity index (χ3v) is 4.98. The second-order valence-electron chi connectivity index (χ2n) is 6.20. The minimum Gasteiger partial charge on any atom is -0.465 e. The number of hydrogen-bond acceptors (Lipinski definition) is 4. The Balaban J connectivity index is 1.83. The number of hydrogen-bond donors (Lipinski definition) is 2. The first kappa shape index (κ1) is 16.4. The molecule has 0 bridgehead atoms. The highest BCUT2D eigenvalue weighted by Crippen LogP contribution is 2.34. The van der Waals surface area contributed by atoms with Crippen LogP contribution in [0.15, 0.2) is 30.6 Å². The summed E-state index contributed by atoms with van der Waals surface area (Å²) in [5, 5.41) is 22.1. The lowest BCUT2D eigenvalue weighted by molar-refractivity contribution is 0.190. The van der Waals surface area contributed by atoms with Gasteiger partial charge >= 0.3 is 6.09 Å². The number of carbonyl (C=O) groups is 1. The van der Waals surface area contributed by atoms with E-state index < -0.39 is 6.09 Å². The second-order valence-corrected chi connectivity index (χ2v) is 6.56. The summed E-state index contributed by atoms with van der Waals surface area (Å²) in [4.78, 5) is 19.4.